The van der Waals surface area contributed by atoms with Gasteiger partial charge in [0.1, 0.15) is 0 Å². The standard InChI is InChI=1S/C35H24N2O2/c1-35(2)27-14-4-3-12-25(27)31-28(35)16-17-30-34(31)39-29-15-7-13-26(33(29)38-30)32(37)24-11-6-10-23(19-24)22-9-5-8-21(18-22)20-36/h3-19,37H,1-2H3. The topological polar surface area (TPSA) is 66.1 Å². The summed E-state index contributed by atoms with van der Waals surface area (Å²) in [6.07, 6.45) is 0. The van der Waals surface area contributed by atoms with Gasteiger partial charge in [0, 0.05) is 22.1 Å². The van der Waals surface area contributed by atoms with Gasteiger partial charge in [-0.15, -0.1) is 0 Å². The third-order valence-electron chi connectivity index (χ3n) is 7.81. The first-order valence-electron chi connectivity index (χ1n) is 12.9. The highest BCUT2D eigenvalue weighted by atomic mass is 16.6. The molecular formula is C35H24N2O2. The Morgan fingerprint density at radius 1 is 0.718 bits per heavy atom. The van der Waals surface area contributed by atoms with Crippen molar-refractivity contribution < 1.29 is 9.47 Å². The zero-order chi connectivity index (χ0) is 26.7. The fourth-order valence-electron chi connectivity index (χ4n) is 5.82. The summed E-state index contributed by atoms with van der Waals surface area (Å²) in [7, 11) is 0. The fraction of sp³-hybridized carbons (Fsp3) is 0.0857. The van der Waals surface area contributed by atoms with Gasteiger partial charge in [-0.2, -0.15) is 5.26 Å². The summed E-state index contributed by atoms with van der Waals surface area (Å²) in [4.78, 5) is 0. The average molecular weight is 505 g/mol. The highest BCUT2D eigenvalue weighted by Gasteiger charge is 2.39. The SMILES string of the molecule is CC1(C)c2ccccc2-c2c1ccc1c2Oc2cccc(C(=N)c3cccc(-c4cccc(C#N)c4)c3)c2O1. The Bertz CT molecular complexity index is 1880. The summed E-state index contributed by atoms with van der Waals surface area (Å²) >= 11 is 0. The average Bonchev–Trinajstić information content (AvgIpc) is 3.22. The number of para-hydroxylation sites is 1. The fourth-order valence-corrected chi connectivity index (χ4v) is 5.82. The minimum atomic E-state index is -0.133. The number of nitrogens with zero attached hydrogens (tertiary/aromatic N) is 1. The van der Waals surface area contributed by atoms with Crippen LogP contribution in [0.2, 0.25) is 0 Å². The van der Waals surface area contributed by atoms with E-state index in [9.17, 15) is 5.26 Å². The van der Waals surface area contributed by atoms with Crippen molar-refractivity contribution in [3.8, 4) is 51.3 Å². The van der Waals surface area contributed by atoms with Gasteiger partial charge in [-0.1, -0.05) is 80.6 Å². The van der Waals surface area contributed by atoms with Gasteiger partial charge in [-0.3, -0.25) is 5.41 Å². The number of nitriles is 1. The lowest BCUT2D eigenvalue weighted by molar-refractivity contribution is 0.359. The highest BCUT2D eigenvalue weighted by molar-refractivity contribution is 6.13. The van der Waals surface area contributed by atoms with Crippen LogP contribution in [0.1, 0.15) is 41.7 Å². The van der Waals surface area contributed by atoms with Crippen LogP contribution in [-0.2, 0) is 5.41 Å². The molecule has 0 bridgehead atoms. The Morgan fingerprint density at radius 2 is 1.44 bits per heavy atom. The normalized spacial score (nSPS) is 13.6. The summed E-state index contributed by atoms with van der Waals surface area (Å²) in [6.45, 7) is 4.48. The number of hydrogen-bond acceptors (Lipinski definition) is 4. The van der Waals surface area contributed by atoms with Crippen molar-refractivity contribution in [1.29, 1.82) is 10.7 Å². The van der Waals surface area contributed by atoms with Crippen LogP contribution < -0.4 is 9.47 Å². The van der Waals surface area contributed by atoms with Crippen molar-refractivity contribution in [2.45, 2.75) is 19.3 Å². The van der Waals surface area contributed by atoms with Gasteiger partial charge in [0.25, 0.3) is 0 Å². The number of rotatable bonds is 3. The Labute approximate surface area is 227 Å². The Balaban J connectivity index is 1.28. The molecule has 39 heavy (non-hydrogen) atoms. The van der Waals surface area contributed by atoms with Crippen LogP contribution in [0.15, 0.2) is 103 Å². The van der Waals surface area contributed by atoms with Gasteiger partial charge < -0.3 is 9.47 Å². The molecule has 1 heterocycles. The number of ether oxygens (including phenoxy) is 2. The zero-order valence-corrected chi connectivity index (χ0v) is 21.6. The van der Waals surface area contributed by atoms with Crippen LogP contribution >= 0.6 is 0 Å². The monoisotopic (exact) mass is 504 g/mol. The predicted octanol–water partition coefficient (Wildman–Crippen LogP) is 8.85. The molecule has 0 saturated heterocycles. The summed E-state index contributed by atoms with van der Waals surface area (Å²) < 4.78 is 13.1. The molecule has 0 radical (unpaired) electrons. The Morgan fingerprint density at radius 3 is 2.28 bits per heavy atom. The second-order valence-electron chi connectivity index (χ2n) is 10.5. The summed E-state index contributed by atoms with van der Waals surface area (Å²) in [6, 6.07) is 35.8. The van der Waals surface area contributed by atoms with Gasteiger partial charge in [0.05, 0.1) is 17.3 Å². The molecule has 0 aromatic heterocycles. The Kier molecular flexibility index (Phi) is 4.98. The largest absolute Gasteiger partial charge is 0.449 e. The maximum absolute atomic E-state index is 9.30. The van der Waals surface area contributed by atoms with E-state index < -0.39 is 0 Å². The van der Waals surface area contributed by atoms with E-state index in [0.717, 1.165) is 28.0 Å². The van der Waals surface area contributed by atoms with E-state index in [1.54, 1.807) is 6.07 Å². The van der Waals surface area contributed by atoms with Crippen LogP contribution in [0, 0.1) is 16.7 Å². The van der Waals surface area contributed by atoms with Crippen molar-refractivity contribution in [2.24, 2.45) is 0 Å². The molecule has 1 N–H and O–H groups in total. The molecule has 186 valence electrons. The maximum Gasteiger partial charge on any atom is 0.179 e. The number of hydrogen-bond donors (Lipinski definition) is 1. The van der Waals surface area contributed by atoms with E-state index in [1.807, 2.05) is 66.7 Å². The number of fused-ring (bicyclic) bond motifs is 6. The molecule has 0 atom stereocenters. The van der Waals surface area contributed by atoms with Gasteiger partial charge in [-0.25, -0.2) is 0 Å². The first-order chi connectivity index (χ1) is 19.0. The van der Waals surface area contributed by atoms with Crippen LogP contribution in [-0.4, -0.2) is 5.71 Å². The third-order valence-corrected chi connectivity index (χ3v) is 7.81. The van der Waals surface area contributed by atoms with Crippen LogP contribution in [0.3, 0.4) is 0 Å². The van der Waals surface area contributed by atoms with Crippen LogP contribution in [0.4, 0.5) is 0 Å². The second-order valence-corrected chi connectivity index (χ2v) is 10.5. The lowest BCUT2D eigenvalue weighted by Crippen LogP contribution is -2.15. The van der Waals surface area contributed by atoms with E-state index in [0.29, 0.717) is 34.1 Å². The molecule has 2 aliphatic rings. The molecule has 4 heteroatoms. The molecule has 0 spiro atoms. The van der Waals surface area contributed by atoms with Crippen LogP contribution in [0.5, 0.6) is 23.0 Å². The molecule has 5 aromatic rings. The van der Waals surface area contributed by atoms with Gasteiger partial charge in [-0.05, 0) is 64.2 Å². The van der Waals surface area contributed by atoms with Crippen molar-refractivity contribution >= 4 is 5.71 Å². The van der Waals surface area contributed by atoms with E-state index in [1.165, 1.54) is 16.7 Å². The van der Waals surface area contributed by atoms with Gasteiger partial charge in [0.2, 0.25) is 0 Å². The van der Waals surface area contributed by atoms with Gasteiger partial charge in [0.15, 0.2) is 23.0 Å². The van der Waals surface area contributed by atoms with Crippen LogP contribution in [0.25, 0.3) is 22.3 Å². The molecule has 0 fully saturated rings. The van der Waals surface area contributed by atoms with Crippen molar-refractivity contribution in [3.63, 3.8) is 0 Å². The lowest BCUT2D eigenvalue weighted by Gasteiger charge is -2.26. The molecule has 5 aromatic carbocycles. The molecule has 1 aliphatic heterocycles. The smallest absolute Gasteiger partial charge is 0.179 e. The molecule has 4 nitrogen and oxygen atoms in total. The number of nitrogens with one attached hydrogen (secondary N) is 1. The van der Waals surface area contributed by atoms with Crippen molar-refractivity contribution in [3.05, 3.63) is 131 Å². The zero-order valence-electron chi connectivity index (χ0n) is 21.6. The minimum Gasteiger partial charge on any atom is -0.449 e. The molecule has 1 aliphatic carbocycles. The van der Waals surface area contributed by atoms with E-state index in [4.69, 9.17) is 14.9 Å². The minimum absolute atomic E-state index is 0.133. The maximum atomic E-state index is 9.30. The van der Waals surface area contributed by atoms with E-state index in [2.05, 4.69) is 50.2 Å². The van der Waals surface area contributed by atoms with Gasteiger partial charge >= 0.3 is 0 Å². The summed E-state index contributed by atoms with van der Waals surface area (Å²) in [5, 5.41) is 18.4. The predicted molar refractivity (Wildman–Crippen MR) is 153 cm³/mol. The summed E-state index contributed by atoms with van der Waals surface area (Å²) in [5.74, 6) is 2.51. The third kappa shape index (κ3) is 3.48. The highest BCUT2D eigenvalue weighted by Crippen LogP contribution is 2.58. The first-order valence-corrected chi connectivity index (χ1v) is 12.9. The van der Waals surface area contributed by atoms with E-state index >= 15 is 0 Å². The second kappa shape index (κ2) is 8.44. The molecule has 0 saturated carbocycles. The molecule has 0 unspecified atom stereocenters. The first kappa shape index (κ1) is 23.0. The quantitative estimate of drug-likeness (QED) is 0.245. The number of benzene rings is 5. The molecular weight excluding hydrogens is 480 g/mol. The Hall–Kier alpha value is -5.14. The molecule has 7 rings (SSSR count). The molecule has 0 amide bonds. The summed E-state index contributed by atoms with van der Waals surface area (Å²) in [5.41, 5.74) is 8.83. The van der Waals surface area contributed by atoms with Crippen molar-refractivity contribution in [2.75, 3.05) is 0 Å². The van der Waals surface area contributed by atoms with Crippen molar-refractivity contribution in [1.82, 2.24) is 0 Å². The lowest BCUT2D eigenvalue weighted by atomic mass is 9.82. The van der Waals surface area contributed by atoms with E-state index in [-0.39, 0.29) is 5.41 Å².